The number of carbonyl (C=O) groups excluding carboxylic acids is 2. The molecule has 26 heavy (non-hydrogen) atoms. The van der Waals surface area contributed by atoms with E-state index in [0.717, 1.165) is 5.56 Å². The summed E-state index contributed by atoms with van der Waals surface area (Å²) >= 11 is 0. The summed E-state index contributed by atoms with van der Waals surface area (Å²) in [4.78, 5) is 26.6. The van der Waals surface area contributed by atoms with Crippen molar-refractivity contribution >= 4 is 11.8 Å². The van der Waals surface area contributed by atoms with Crippen LogP contribution in [-0.2, 0) is 17.9 Å². The maximum atomic E-state index is 12.5. The second-order valence-corrected chi connectivity index (χ2v) is 6.78. The number of nitrogens with one attached hydrogen (secondary N) is 1. The molecule has 2 heterocycles. The van der Waals surface area contributed by atoms with E-state index < -0.39 is 0 Å². The molecule has 6 heteroatoms. The van der Waals surface area contributed by atoms with Crippen molar-refractivity contribution < 1.29 is 14.0 Å². The average molecular weight is 355 g/mol. The average Bonchev–Trinajstić information content (AvgIpc) is 3.16. The third-order valence-electron chi connectivity index (χ3n) is 4.84. The quantitative estimate of drug-likeness (QED) is 0.861. The highest BCUT2D eigenvalue weighted by atomic mass is 16.3. The number of carbonyl (C=O) groups is 2. The number of furan rings is 1. The highest BCUT2D eigenvalue weighted by Gasteiger charge is 2.28. The lowest BCUT2D eigenvalue weighted by Crippen LogP contribution is -2.42. The molecule has 1 aliphatic rings. The molecule has 3 rings (SSSR count). The number of likely N-dealkylation sites (tertiary alicyclic amines) is 1. The number of piperidine rings is 1. The van der Waals surface area contributed by atoms with Gasteiger partial charge < -0.3 is 20.4 Å². The number of amides is 2. The topological polar surface area (TPSA) is 88.6 Å². The summed E-state index contributed by atoms with van der Waals surface area (Å²) in [6.07, 6.45) is 2.80. The molecule has 1 saturated heterocycles. The van der Waals surface area contributed by atoms with Gasteiger partial charge in [0.1, 0.15) is 12.0 Å². The SMILES string of the molecule is Cc1ccc(CNC(=O)C2CCN(C(=O)c3coc(CN)c3)CC2)cc1. The molecule has 0 saturated carbocycles. The van der Waals surface area contributed by atoms with Gasteiger partial charge in [-0.05, 0) is 31.4 Å². The molecule has 1 aromatic carbocycles. The molecule has 0 radical (unpaired) electrons. The zero-order valence-electron chi connectivity index (χ0n) is 15.0. The largest absolute Gasteiger partial charge is 0.467 e. The van der Waals surface area contributed by atoms with Crippen LogP contribution in [0.25, 0.3) is 0 Å². The van der Waals surface area contributed by atoms with Crippen LogP contribution >= 0.6 is 0 Å². The van der Waals surface area contributed by atoms with Crippen LogP contribution in [0.15, 0.2) is 41.0 Å². The normalized spacial score (nSPS) is 15.1. The first-order valence-electron chi connectivity index (χ1n) is 8.97. The molecule has 0 spiro atoms. The Labute approximate surface area is 153 Å². The predicted molar refractivity (Wildman–Crippen MR) is 98.3 cm³/mol. The lowest BCUT2D eigenvalue weighted by Gasteiger charge is -2.31. The van der Waals surface area contributed by atoms with Crippen LogP contribution in [0, 0.1) is 12.8 Å². The number of benzene rings is 1. The second kappa shape index (κ2) is 8.19. The van der Waals surface area contributed by atoms with Crippen LogP contribution in [0.1, 0.15) is 40.1 Å². The third kappa shape index (κ3) is 4.32. The fourth-order valence-corrected chi connectivity index (χ4v) is 3.17. The molecule has 3 N–H and O–H groups in total. The van der Waals surface area contributed by atoms with Gasteiger partial charge in [0.05, 0.1) is 12.1 Å². The van der Waals surface area contributed by atoms with Crippen molar-refractivity contribution in [3.63, 3.8) is 0 Å². The van der Waals surface area contributed by atoms with Crippen molar-refractivity contribution in [3.05, 3.63) is 59.0 Å². The summed E-state index contributed by atoms with van der Waals surface area (Å²) in [6.45, 7) is 4.00. The fraction of sp³-hybridized carbons (Fsp3) is 0.400. The van der Waals surface area contributed by atoms with Gasteiger partial charge in [0.25, 0.3) is 5.91 Å². The van der Waals surface area contributed by atoms with E-state index in [1.165, 1.54) is 11.8 Å². The Bertz CT molecular complexity index is 759. The van der Waals surface area contributed by atoms with Crippen LogP contribution in [-0.4, -0.2) is 29.8 Å². The maximum absolute atomic E-state index is 12.5. The van der Waals surface area contributed by atoms with Gasteiger partial charge in [0, 0.05) is 25.6 Å². The summed E-state index contributed by atoms with van der Waals surface area (Å²) in [5.74, 6) is 0.547. The van der Waals surface area contributed by atoms with Crippen LogP contribution in [0.2, 0.25) is 0 Å². The molecule has 1 fully saturated rings. The van der Waals surface area contributed by atoms with Crippen molar-refractivity contribution in [2.75, 3.05) is 13.1 Å². The van der Waals surface area contributed by atoms with Gasteiger partial charge in [0.2, 0.25) is 5.91 Å². The smallest absolute Gasteiger partial charge is 0.257 e. The van der Waals surface area contributed by atoms with E-state index in [9.17, 15) is 9.59 Å². The van der Waals surface area contributed by atoms with E-state index in [0.29, 0.717) is 43.8 Å². The summed E-state index contributed by atoms with van der Waals surface area (Å²) in [5.41, 5.74) is 8.32. The Morgan fingerprint density at radius 2 is 1.92 bits per heavy atom. The number of hydrogen-bond donors (Lipinski definition) is 2. The standard InChI is InChI=1S/C20H25N3O3/c1-14-2-4-15(5-3-14)12-22-19(24)16-6-8-23(9-7-16)20(25)17-10-18(11-21)26-13-17/h2-5,10,13,16H,6-9,11-12,21H2,1H3,(H,22,24). The predicted octanol–water partition coefficient (Wildman–Crippen LogP) is 2.22. The summed E-state index contributed by atoms with van der Waals surface area (Å²) in [6, 6.07) is 9.81. The Balaban J connectivity index is 1.47. The molecule has 6 nitrogen and oxygen atoms in total. The molecule has 0 unspecified atom stereocenters. The van der Waals surface area contributed by atoms with E-state index in [4.69, 9.17) is 10.2 Å². The Hall–Kier alpha value is -2.60. The van der Waals surface area contributed by atoms with E-state index in [2.05, 4.69) is 5.32 Å². The molecular weight excluding hydrogens is 330 g/mol. The molecule has 2 aromatic rings. The first-order valence-corrected chi connectivity index (χ1v) is 8.97. The Morgan fingerprint density at radius 3 is 2.54 bits per heavy atom. The van der Waals surface area contributed by atoms with Crippen molar-refractivity contribution in [1.29, 1.82) is 0 Å². The first-order chi connectivity index (χ1) is 12.6. The van der Waals surface area contributed by atoms with Gasteiger partial charge in [0.15, 0.2) is 0 Å². The Kier molecular flexibility index (Phi) is 5.73. The van der Waals surface area contributed by atoms with E-state index in [-0.39, 0.29) is 24.3 Å². The van der Waals surface area contributed by atoms with Crippen LogP contribution in [0.3, 0.4) is 0 Å². The van der Waals surface area contributed by atoms with Crippen LogP contribution in [0.4, 0.5) is 0 Å². The van der Waals surface area contributed by atoms with E-state index in [1.54, 1.807) is 11.0 Å². The second-order valence-electron chi connectivity index (χ2n) is 6.78. The zero-order valence-corrected chi connectivity index (χ0v) is 15.0. The van der Waals surface area contributed by atoms with Crippen LogP contribution in [0.5, 0.6) is 0 Å². The minimum absolute atomic E-state index is 0.0477. The van der Waals surface area contributed by atoms with Crippen molar-refractivity contribution in [2.45, 2.75) is 32.9 Å². The summed E-state index contributed by atoms with van der Waals surface area (Å²) in [7, 11) is 0. The van der Waals surface area contributed by atoms with E-state index >= 15 is 0 Å². The number of aryl methyl sites for hydroxylation is 1. The molecule has 1 aliphatic heterocycles. The molecule has 2 amide bonds. The van der Waals surface area contributed by atoms with Crippen LogP contribution < -0.4 is 11.1 Å². The molecule has 0 bridgehead atoms. The monoisotopic (exact) mass is 355 g/mol. The number of nitrogens with zero attached hydrogens (tertiary/aromatic N) is 1. The summed E-state index contributed by atoms with van der Waals surface area (Å²) < 4.78 is 5.23. The summed E-state index contributed by atoms with van der Waals surface area (Å²) in [5, 5.41) is 3.00. The molecule has 1 aromatic heterocycles. The fourth-order valence-electron chi connectivity index (χ4n) is 3.17. The number of rotatable bonds is 5. The van der Waals surface area contributed by atoms with Crippen molar-refractivity contribution in [3.8, 4) is 0 Å². The first kappa shape index (κ1) is 18.2. The molecule has 0 atom stereocenters. The van der Waals surface area contributed by atoms with Crippen molar-refractivity contribution in [1.82, 2.24) is 10.2 Å². The van der Waals surface area contributed by atoms with Gasteiger partial charge in [-0.2, -0.15) is 0 Å². The van der Waals surface area contributed by atoms with Gasteiger partial charge in [-0.1, -0.05) is 29.8 Å². The Morgan fingerprint density at radius 1 is 1.23 bits per heavy atom. The van der Waals surface area contributed by atoms with Gasteiger partial charge in [-0.15, -0.1) is 0 Å². The van der Waals surface area contributed by atoms with Gasteiger partial charge >= 0.3 is 0 Å². The lowest BCUT2D eigenvalue weighted by atomic mass is 9.95. The third-order valence-corrected chi connectivity index (χ3v) is 4.84. The molecule has 138 valence electrons. The lowest BCUT2D eigenvalue weighted by molar-refractivity contribution is -0.126. The number of hydrogen-bond acceptors (Lipinski definition) is 4. The molecular formula is C20H25N3O3. The zero-order chi connectivity index (χ0) is 18.5. The van der Waals surface area contributed by atoms with Gasteiger partial charge in [-0.3, -0.25) is 9.59 Å². The number of nitrogens with two attached hydrogens (primary N) is 1. The van der Waals surface area contributed by atoms with E-state index in [1.807, 2.05) is 31.2 Å². The van der Waals surface area contributed by atoms with Crippen molar-refractivity contribution in [2.24, 2.45) is 11.7 Å². The maximum Gasteiger partial charge on any atom is 0.257 e. The molecule has 0 aliphatic carbocycles. The highest BCUT2D eigenvalue weighted by molar-refractivity contribution is 5.94. The highest BCUT2D eigenvalue weighted by Crippen LogP contribution is 2.20. The minimum Gasteiger partial charge on any atom is -0.467 e. The van der Waals surface area contributed by atoms with Gasteiger partial charge in [-0.25, -0.2) is 0 Å². The minimum atomic E-state index is -0.0630.